The van der Waals surface area contributed by atoms with E-state index >= 15 is 0 Å². The van der Waals surface area contributed by atoms with Crippen LogP contribution in [-0.4, -0.2) is 9.13 Å². The fraction of sp³-hybridized carbons (Fsp3) is 0.0833. The Hall–Kier alpha value is -2.93. The molecule has 0 aliphatic rings. The van der Waals surface area contributed by atoms with Gasteiger partial charge in [0.1, 0.15) is 0 Å². The van der Waals surface area contributed by atoms with Crippen molar-refractivity contribution < 1.29 is 21.2 Å². The van der Waals surface area contributed by atoms with Gasteiger partial charge in [-0.2, -0.15) is 0 Å². The second kappa shape index (κ2) is 9.05. The lowest BCUT2D eigenvalue weighted by Crippen LogP contribution is -3.62. The quantitative estimate of drug-likeness (QED) is 0.360. The zero-order chi connectivity index (χ0) is 20.1. The van der Waals surface area contributed by atoms with Gasteiger partial charge in [-0.25, -0.2) is 4.79 Å². The van der Waals surface area contributed by atoms with Gasteiger partial charge in [-0.15, -0.1) is 0 Å². The molecular formula is C24H20IN2O2+. The smallest absolute Gasteiger partial charge is 0.291 e. The zero-order valence-electron chi connectivity index (χ0n) is 15.7. The zero-order valence-corrected chi connectivity index (χ0v) is 17.9. The molecule has 0 fully saturated rings. The van der Waals surface area contributed by atoms with E-state index in [9.17, 15) is 9.59 Å². The molecule has 0 saturated carbocycles. The maximum Gasteiger partial charge on any atom is 0.365 e. The third-order valence-electron chi connectivity index (χ3n) is 4.52. The van der Waals surface area contributed by atoms with Gasteiger partial charge in [-0.3, -0.25) is 13.9 Å². The minimum Gasteiger partial charge on any atom is -0.291 e. The first-order valence-electron chi connectivity index (χ1n) is 9.33. The van der Waals surface area contributed by atoms with Crippen molar-refractivity contribution >= 4 is 0 Å². The van der Waals surface area contributed by atoms with Crippen LogP contribution in [0.15, 0.2) is 107 Å². The molecule has 0 radical (unpaired) electrons. The molecule has 144 valence electrons. The predicted octanol–water partition coefficient (Wildman–Crippen LogP) is 0.235. The molecule has 0 N–H and O–H groups in total. The van der Waals surface area contributed by atoms with Crippen LogP contribution in [0.4, 0.5) is 0 Å². The monoisotopic (exact) mass is 495 g/mol. The number of rotatable bonds is 6. The van der Waals surface area contributed by atoms with E-state index in [2.05, 4.69) is 0 Å². The highest BCUT2D eigenvalue weighted by Gasteiger charge is 2.24. The molecule has 29 heavy (non-hydrogen) atoms. The molecule has 0 aliphatic carbocycles. The van der Waals surface area contributed by atoms with Gasteiger partial charge in [0.15, 0.2) is 3.57 Å². The average Bonchev–Trinajstić information content (AvgIpc) is 2.77. The molecule has 4 rings (SSSR count). The Morgan fingerprint density at radius 2 is 1.17 bits per heavy atom. The van der Waals surface area contributed by atoms with Crippen molar-refractivity contribution in [2.24, 2.45) is 0 Å². The Morgan fingerprint density at radius 1 is 0.655 bits per heavy atom. The van der Waals surface area contributed by atoms with Gasteiger partial charge >= 0.3 is 32.5 Å². The summed E-state index contributed by atoms with van der Waals surface area (Å²) in [4.78, 5) is 26.3. The van der Waals surface area contributed by atoms with Crippen LogP contribution >= 0.6 is 0 Å². The standard InChI is InChI=1S/C24H20IN2O2/c28-23-22(25-21-14-8-3-9-15-21)18-26(16-19-10-4-1-5-11-19)24(29)27(23)17-20-12-6-2-7-13-20/h1-15,18H,16-17H2/q+1. The SMILES string of the molecule is O=c1c([I+]c2ccccc2)cn(Cc2ccccc2)c(=O)n1Cc1ccccc1. The molecule has 0 aliphatic heterocycles. The number of benzene rings is 3. The highest BCUT2D eigenvalue weighted by atomic mass is 127. The summed E-state index contributed by atoms with van der Waals surface area (Å²) < 4.78 is 4.91. The summed E-state index contributed by atoms with van der Waals surface area (Å²) in [7, 11) is 0. The Morgan fingerprint density at radius 3 is 1.76 bits per heavy atom. The maximum atomic E-state index is 13.2. The number of hydrogen-bond donors (Lipinski definition) is 0. The van der Waals surface area contributed by atoms with Crippen LogP contribution in [0.5, 0.6) is 0 Å². The maximum absolute atomic E-state index is 13.2. The number of halogens is 1. The molecule has 0 spiro atoms. The van der Waals surface area contributed by atoms with Gasteiger partial charge in [0, 0.05) is 0 Å². The lowest BCUT2D eigenvalue weighted by molar-refractivity contribution is -0.600. The van der Waals surface area contributed by atoms with Crippen LogP contribution in [0.1, 0.15) is 11.1 Å². The Bertz CT molecular complexity index is 1130. The van der Waals surface area contributed by atoms with Crippen molar-refractivity contribution in [3.63, 3.8) is 0 Å². The summed E-state index contributed by atoms with van der Waals surface area (Å²) in [5.41, 5.74) is 1.51. The molecule has 3 aromatic carbocycles. The van der Waals surface area contributed by atoms with E-state index in [1.165, 1.54) is 4.57 Å². The van der Waals surface area contributed by atoms with Crippen LogP contribution in [-0.2, 0) is 13.1 Å². The molecule has 5 heteroatoms. The summed E-state index contributed by atoms with van der Waals surface area (Å²) >= 11 is -0.685. The molecule has 0 unspecified atom stereocenters. The first-order valence-corrected chi connectivity index (χ1v) is 11.5. The fourth-order valence-corrected chi connectivity index (χ4v) is 5.52. The van der Waals surface area contributed by atoms with E-state index in [1.54, 1.807) is 10.8 Å². The Kier molecular flexibility index (Phi) is 6.05. The van der Waals surface area contributed by atoms with E-state index in [1.807, 2.05) is 91.0 Å². The van der Waals surface area contributed by atoms with Crippen molar-refractivity contribution in [2.45, 2.75) is 13.1 Å². The molecule has 0 bridgehead atoms. The molecule has 0 saturated heterocycles. The predicted molar refractivity (Wildman–Crippen MR) is 110 cm³/mol. The number of nitrogens with zero attached hydrogens (tertiary/aromatic N) is 2. The summed E-state index contributed by atoms with van der Waals surface area (Å²) in [6.45, 7) is 0.722. The second-order valence-electron chi connectivity index (χ2n) is 6.64. The van der Waals surface area contributed by atoms with E-state index in [0.29, 0.717) is 6.54 Å². The molecule has 1 heterocycles. The summed E-state index contributed by atoms with van der Waals surface area (Å²) in [6, 6.07) is 29.5. The van der Waals surface area contributed by atoms with Gasteiger partial charge in [-0.1, -0.05) is 78.9 Å². The Balaban J connectivity index is 1.79. The summed E-state index contributed by atoms with van der Waals surface area (Å²) in [5.74, 6) is 0. The van der Waals surface area contributed by atoms with E-state index in [-0.39, 0.29) is 17.8 Å². The highest BCUT2D eigenvalue weighted by molar-refractivity contribution is 5.16. The first-order chi connectivity index (χ1) is 14.2. The van der Waals surface area contributed by atoms with E-state index < -0.39 is 21.2 Å². The molecule has 0 atom stereocenters. The van der Waals surface area contributed by atoms with Crippen molar-refractivity contribution in [3.05, 3.63) is 136 Å². The molecule has 0 amide bonds. The summed E-state index contributed by atoms with van der Waals surface area (Å²) in [5, 5.41) is 0. The Labute approximate surface area is 179 Å². The number of aromatic nitrogens is 2. The van der Waals surface area contributed by atoms with Crippen molar-refractivity contribution in [2.75, 3.05) is 0 Å². The molecule has 4 aromatic rings. The molecule has 1 aromatic heterocycles. The van der Waals surface area contributed by atoms with Crippen LogP contribution in [0.25, 0.3) is 0 Å². The minimum atomic E-state index is -0.685. The average molecular weight is 495 g/mol. The van der Waals surface area contributed by atoms with Crippen molar-refractivity contribution in [3.8, 4) is 0 Å². The van der Waals surface area contributed by atoms with Gasteiger partial charge in [0.2, 0.25) is 0 Å². The lowest BCUT2D eigenvalue weighted by atomic mass is 10.2. The van der Waals surface area contributed by atoms with Crippen molar-refractivity contribution in [1.82, 2.24) is 9.13 Å². The summed E-state index contributed by atoms with van der Waals surface area (Å²) in [6.07, 6.45) is 1.76. The van der Waals surface area contributed by atoms with Crippen LogP contribution in [0.3, 0.4) is 0 Å². The fourth-order valence-electron chi connectivity index (χ4n) is 3.08. The van der Waals surface area contributed by atoms with Crippen molar-refractivity contribution in [1.29, 1.82) is 0 Å². The second-order valence-corrected chi connectivity index (χ2v) is 9.59. The van der Waals surface area contributed by atoms with E-state index in [0.717, 1.165) is 18.3 Å². The third-order valence-corrected chi connectivity index (χ3v) is 7.18. The van der Waals surface area contributed by atoms with Gasteiger partial charge in [-0.05, 0) is 23.3 Å². The molecule has 4 nitrogen and oxygen atoms in total. The lowest BCUT2D eigenvalue weighted by Gasteiger charge is -2.10. The van der Waals surface area contributed by atoms with Crippen LogP contribution in [0.2, 0.25) is 0 Å². The van der Waals surface area contributed by atoms with Crippen LogP contribution < -0.4 is 32.5 Å². The van der Waals surface area contributed by atoms with Gasteiger partial charge < -0.3 is 0 Å². The van der Waals surface area contributed by atoms with Crippen LogP contribution in [0, 0.1) is 7.14 Å². The van der Waals surface area contributed by atoms with Gasteiger partial charge in [0.05, 0.1) is 19.3 Å². The normalized spacial score (nSPS) is 10.8. The van der Waals surface area contributed by atoms with E-state index in [4.69, 9.17) is 0 Å². The third kappa shape index (κ3) is 4.74. The largest absolute Gasteiger partial charge is 0.365 e. The number of hydrogen-bond acceptors (Lipinski definition) is 2. The van der Waals surface area contributed by atoms with Gasteiger partial charge in [0.25, 0.3) is 3.57 Å². The molecular weight excluding hydrogens is 475 g/mol. The first kappa shape index (κ1) is 19.4. The minimum absolute atomic E-state index is 0.181. The topological polar surface area (TPSA) is 44.0 Å². The highest BCUT2D eigenvalue weighted by Crippen LogP contribution is 2.01.